The summed E-state index contributed by atoms with van der Waals surface area (Å²) in [6.07, 6.45) is 0. The van der Waals surface area contributed by atoms with Crippen molar-refractivity contribution in [2.24, 2.45) is 5.73 Å². The molecule has 2 rings (SSSR count). The van der Waals surface area contributed by atoms with E-state index < -0.39 is 22.9 Å². The molecule has 1 aromatic carbocycles. The van der Waals surface area contributed by atoms with E-state index in [9.17, 15) is 13.8 Å². The van der Waals surface area contributed by atoms with Crippen molar-refractivity contribution in [2.75, 3.05) is 23.7 Å². The van der Waals surface area contributed by atoms with E-state index in [1.54, 1.807) is 0 Å². The quantitative estimate of drug-likeness (QED) is 0.566. The van der Waals surface area contributed by atoms with Gasteiger partial charge in [-0.1, -0.05) is 0 Å². The lowest BCUT2D eigenvalue weighted by Gasteiger charge is -2.11. The predicted octanol–water partition coefficient (Wildman–Crippen LogP) is 0.882. The number of aromatic carboxylic acids is 1. The van der Waals surface area contributed by atoms with E-state index in [0.29, 0.717) is 16.3 Å². The molecule has 0 aliphatic heterocycles. The normalized spacial score (nSPS) is 11.6. The number of thiazole rings is 1. The second-order valence-corrected chi connectivity index (χ2v) is 6.39. The number of carbonyl (C=O) groups excluding carboxylic acids is 1. The van der Waals surface area contributed by atoms with Gasteiger partial charge in [-0.15, -0.1) is 11.3 Å². The highest BCUT2D eigenvalue weighted by Gasteiger charge is 2.17. The summed E-state index contributed by atoms with van der Waals surface area (Å²) < 4.78 is 20.1. The number of nitrogens with two attached hydrogens (primary N) is 1. The number of carboxylic acids is 1. The number of methoxy groups -OCH3 is 1. The van der Waals surface area contributed by atoms with Gasteiger partial charge in [0.2, 0.25) is 5.91 Å². The predicted molar refractivity (Wildman–Crippen MR) is 89.8 cm³/mol. The molecule has 0 saturated heterocycles. The zero-order chi connectivity index (χ0) is 17.7. The third-order valence-corrected chi connectivity index (χ3v) is 4.74. The molecule has 1 atom stereocenters. The molecule has 0 aliphatic rings. The van der Waals surface area contributed by atoms with Crippen LogP contribution in [0.2, 0.25) is 0 Å². The highest BCUT2D eigenvalue weighted by atomic mass is 32.2. The van der Waals surface area contributed by atoms with Crippen LogP contribution < -0.4 is 20.5 Å². The van der Waals surface area contributed by atoms with Gasteiger partial charge in [-0.2, -0.15) is 0 Å². The summed E-state index contributed by atoms with van der Waals surface area (Å²) in [5.41, 5.74) is 6.77. The van der Waals surface area contributed by atoms with Crippen molar-refractivity contribution in [1.29, 1.82) is 0 Å². The monoisotopic (exact) mass is 370 g/mol. The van der Waals surface area contributed by atoms with Gasteiger partial charge in [0, 0.05) is 6.07 Å². The van der Waals surface area contributed by atoms with Crippen molar-refractivity contribution in [1.82, 2.24) is 4.98 Å². The maximum atomic E-state index is 12.4. The van der Waals surface area contributed by atoms with Crippen LogP contribution in [0.5, 0.6) is 5.75 Å². The van der Waals surface area contributed by atoms with Crippen molar-refractivity contribution in [2.45, 2.75) is 4.90 Å². The molecule has 9 nitrogen and oxygen atoms in total. The molecule has 0 fully saturated rings. The third kappa shape index (κ3) is 4.07. The standard InChI is InChI=1S/C13H14N4O5S2/c1-22-9-4-7(2-3-8(9)16-10(18)5-14)24(21)17-12-11(13(19)20)15-6-23-12/h2-4,6,17H,5,14H2,1H3,(H,16,18)(H,19,20). The summed E-state index contributed by atoms with van der Waals surface area (Å²) >= 11 is 1.03. The van der Waals surface area contributed by atoms with Gasteiger partial charge in [-0.25, -0.2) is 14.0 Å². The number of rotatable bonds is 7. The van der Waals surface area contributed by atoms with Crippen LogP contribution in [0.25, 0.3) is 0 Å². The summed E-state index contributed by atoms with van der Waals surface area (Å²) in [6, 6.07) is 4.50. The minimum Gasteiger partial charge on any atom is -0.495 e. The molecule has 1 unspecified atom stereocenters. The number of aromatic nitrogens is 1. The second-order valence-electron chi connectivity index (χ2n) is 4.32. The molecule has 0 bridgehead atoms. The molecule has 11 heteroatoms. The molecule has 0 spiro atoms. The number of hydrogen-bond donors (Lipinski definition) is 4. The number of nitrogens with one attached hydrogen (secondary N) is 2. The summed E-state index contributed by atoms with van der Waals surface area (Å²) in [5, 5.41) is 11.7. The Morgan fingerprint density at radius 2 is 2.21 bits per heavy atom. The number of anilines is 2. The van der Waals surface area contributed by atoms with Gasteiger partial charge in [0.25, 0.3) is 0 Å². The molecule has 1 aromatic heterocycles. The Hall–Kier alpha value is -2.50. The van der Waals surface area contributed by atoms with Crippen molar-refractivity contribution < 1.29 is 23.6 Å². The van der Waals surface area contributed by atoms with Gasteiger partial charge < -0.3 is 20.9 Å². The van der Waals surface area contributed by atoms with E-state index >= 15 is 0 Å². The summed E-state index contributed by atoms with van der Waals surface area (Å²) in [7, 11) is -0.332. The lowest BCUT2D eigenvalue weighted by atomic mass is 10.3. The van der Waals surface area contributed by atoms with Gasteiger partial charge >= 0.3 is 5.97 Å². The molecule has 5 N–H and O–H groups in total. The van der Waals surface area contributed by atoms with Crippen LogP contribution in [-0.4, -0.2) is 39.8 Å². The maximum absolute atomic E-state index is 12.4. The van der Waals surface area contributed by atoms with Crippen molar-refractivity contribution >= 4 is 44.9 Å². The first-order valence-electron chi connectivity index (χ1n) is 6.49. The Bertz CT molecular complexity index is 792. The van der Waals surface area contributed by atoms with Crippen LogP contribution in [0.3, 0.4) is 0 Å². The molecular formula is C13H14N4O5S2. The highest BCUT2D eigenvalue weighted by molar-refractivity contribution is 7.86. The number of hydrogen-bond acceptors (Lipinski definition) is 7. The van der Waals surface area contributed by atoms with Gasteiger partial charge in [0.1, 0.15) is 10.8 Å². The average molecular weight is 370 g/mol. The second kappa shape index (κ2) is 7.86. The molecule has 0 aliphatic carbocycles. The molecule has 0 saturated carbocycles. The first-order chi connectivity index (χ1) is 11.5. The van der Waals surface area contributed by atoms with Crippen LogP contribution >= 0.6 is 11.3 Å². The SMILES string of the molecule is COc1cc(S(=O)Nc2scnc2C(=O)O)ccc1NC(=O)CN. The fourth-order valence-corrected chi connectivity index (χ4v) is 3.43. The first-order valence-corrected chi connectivity index (χ1v) is 8.52. The van der Waals surface area contributed by atoms with Gasteiger partial charge in [0.05, 0.1) is 29.7 Å². The average Bonchev–Trinajstić information content (AvgIpc) is 3.03. The Morgan fingerprint density at radius 1 is 1.46 bits per heavy atom. The molecule has 128 valence electrons. The fraction of sp³-hybridized carbons (Fsp3) is 0.154. The van der Waals surface area contributed by atoms with E-state index in [-0.39, 0.29) is 17.2 Å². The van der Waals surface area contributed by atoms with Gasteiger partial charge in [-0.05, 0) is 12.1 Å². The van der Waals surface area contributed by atoms with E-state index in [1.165, 1.54) is 30.8 Å². The number of carbonyl (C=O) groups is 2. The van der Waals surface area contributed by atoms with Crippen LogP contribution in [0.4, 0.5) is 10.7 Å². The van der Waals surface area contributed by atoms with E-state index in [0.717, 1.165) is 11.3 Å². The molecule has 1 heterocycles. The lowest BCUT2D eigenvalue weighted by molar-refractivity contribution is -0.114. The number of ether oxygens (including phenoxy) is 1. The molecule has 2 aromatic rings. The van der Waals surface area contributed by atoms with E-state index in [4.69, 9.17) is 15.6 Å². The summed E-state index contributed by atoms with van der Waals surface area (Å²) in [4.78, 5) is 26.4. The zero-order valence-corrected chi connectivity index (χ0v) is 14.1. The van der Waals surface area contributed by atoms with Crippen molar-refractivity contribution in [3.05, 3.63) is 29.4 Å². The smallest absolute Gasteiger partial charge is 0.357 e. The summed E-state index contributed by atoms with van der Waals surface area (Å²) in [5.74, 6) is -1.31. The largest absolute Gasteiger partial charge is 0.495 e. The number of amides is 1. The van der Waals surface area contributed by atoms with E-state index in [2.05, 4.69) is 15.0 Å². The molecular weight excluding hydrogens is 356 g/mol. The minimum atomic E-state index is -1.73. The third-order valence-electron chi connectivity index (χ3n) is 2.80. The topological polar surface area (TPSA) is 144 Å². The Kier molecular flexibility index (Phi) is 5.84. The Labute approximate surface area is 143 Å². The Balaban J connectivity index is 2.22. The Morgan fingerprint density at radius 3 is 2.83 bits per heavy atom. The molecule has 0 radical (unpaired) electrons. The minimum absolute atomic E-state index is 0.179. The van der Waals surface area contributed by atoms with Crippen LogP contribution in [0, 0.1) is 0 Å². The highest BCUT2D eigenvalue weighted by Crippen LogP contribution is 2.28. The number of benzene rings is 1. The molecule has 1 amide bonds. The summed E-state index contributed by atoms with van der Waals surface area (Å²) in [6.45, 7) is -0.179. The van der Waals surface area contributed by atoms with Crippen LogP contribution in [0.1, 0.15) is 10.5 Å². The maximum Gasteiger partial charge on any atom is 0.357 e. The van der Waals surface area contributed by atoms with Gasteiger partial charge in [-0.3, -0.25) is 9.52 Å². The number of carboxylic acid groups (broad SMARTS) is 1. The van der Waals surface area contributed by atoms with Crippen molar-refractivity contribution in [3.8, 4) is 5.75 Å². The number of nitrogens with zero attached hydrogens (tertiary/aromatic N) is 1. The van der Waals surface area contributed by atoms with Crippen LogP contribution in [-0.2, 0) is 15.8 Å². The van der Waals surface area contributed by atoms with E-state index in [1.807, 2.05) is 0 Å². The first kappa shape index (κ1) is 17.8. The van der Waals surface area contributed by atoms with Crippen LogP contribution in [0.15, 0.2) is 28.6 Å². The fourth-order valence-electron chi connectivity index (χ4n) is 1.71. The van der Waals surface area contributed by atoms with Gasteiger partial charge in [0.15, 0.2) is 16.7 Å². The molecule has 24 heavy (non-hydrogen) atoms. The lowest BCUT2D eigenvalue weighted by Crippen LogP contribution is -2.22. The van der Waals surface area contributed by atoms with Crippen molar-refractivity contribution in [3.63, 3.8) is 0 Å². The zero-order valence-electron chi connectivity index (χ0n) is 12.4.